The summed E-state index contributed by atoms with van der Waals surface area (Å²) in [5, 5.41) is 4.34. The molecule has 1 aliphatic heterocycles. The maximum Gasteiger partial charge on any atom is 0.164 e. The average molecular weight is 238 g/mol. The van der Waals surface area contributed by atoms with Crippen molar-refractivity contribution in [3.8, 4) is 0 Å². The monoisotopic (exact) mass is 238 g/mol. The second kappa shape index (κ2) is 5.42. The molecule has 94 valence electrons. The van der Waals surface area contributed by atoms with Crippen LogP contribution in [0.25, 0.3) is 0 Å². The molecule has 0 atom stereocenters. The third-order valence-electron chi connectivity index (χ3n) is 2.66. The Hall–Kier alpha value is -1.20. The molecular weight excluding hydrogens is 220 g/mol. The van der Waals surface area contributed by atoms with Crippen LogP contribution in [0.3, 0.4) is 0 Å². The first-order valence-corrected chi connectivity index (χ1v) is 5.94. The van der Waals surface area contributed by atoms with E-state index in [2.05, 4.69) is 18.9 Å². The lowest BCUT2D eigenvalue weighted by atomic mass is 10.1. The van der Waals surface area contributed by atoms with Gasteiger partial charge in [-0.1, -0.05) is 0 Å². The van der Waals surface area contributed by atoms with Crippen molar-refractivity contribution >= 4 is 5.78 Å². The first kappa shape index (κ1) is 12.3. The van der Waals surface area contributed by atoms with Crippen LogP contribution in [-0.2, 0) is 20.7 Å². The molecular formula is C12H18N2O3. The molecule has 5 nitrogen and oxygen atoms in total. The lowest BCUT2D eigenvalue weighted by molar-refractivity contribution is -0.126. The average Bonchev–Trinajstić information content (AvgIpc) is 2.88. The standard InChI is InChI=1S/C12H18N2O3/c1-9(2)14-4-3-10(13-14)7-11(15)8-12-16-5-6-17-12/h3-4,9,12H,5-8H2,1-2H3. The van der Waals surface area contributed by atoms with Gasteiger partial charge in [-0.3, -0.25) is 9.48 Å². The Morgan fingerprint density at radius 3 is 2.82 bits per heavy atom. The van der Waals surface area contributed by atoms with E-state index in [1.807, 2.05) is 16.9 Å². The summed E-state index contributed by atoms with van der Waals surface area (Å²) in [5.74, 6) is 0.103. The van der Waals surface area contributed by atoms with E-state index in [1.54, 1.807) is 0 Å². The van der Waals surface area contributed by atoms with Gasteiger partial charge >= 0.3 is 0 Å². The third-order valence-corrected chi connectivity index (χ3v) is 2.66. The summed E-state index contributed by atoms with van der Waals surface area (Å²) in [6.45, 7) is 5.28. The Labute approximate surface area is 101 Å². The second-order valence-electron chi connectivity index (χ2n) is 4.47. The number of hydrogen-bond donors (Lipinski definition) is 0. The van der Waals surface area contributed by atoms with Crippen molar-refractivity contribution in [3.05, 3.63) is 18.0 Å². The first-order chi connectivity index (χ1) is 8.15. The van der Waals surface area contributed by atoms with E-state index in [0.29, 0.717) is 32.1 Å². The fourth-order valence-corrected chi connectivity index (χ4v) is 1.74. The van der Waals surface area contributed by atoms with Crippen LogP contribution in [0.1, 0.15) is 32.0 Å². The molecule has 1 saturated heterocycles. The van der Waals surface area contributed by atoms with Gasteiger partial charge in [0.1, 0.15) is 5.78 Å². The Morgan fingerprint density at radius 1 is 1.53 bits per heavy atom. The molecule has 0 aliphatic carbocycles. The fraction of sp³-hybridized carbons (Fsp3) is 0.667. The molecule has 0 aromatic carbocycles. The zero-order valence-electron chi connectivity index (χ0n) is 10.3. The van der Waals surface area contributed by atoms with Gasteiger partial charge in [0.15, 0.2) is 6.29 Å². The van der Waals surface area contributed by atoms with Gasteiger partial charge < -0.3 is 9.47 Å². The molecule has 2 rings (SSSR count). The predicted molar refractivity (Wildman–Crippen MR) is 61.6 cm³/mol. The van der Waals surface area contributed by atoms with Crippen LogP contribution in [0.5, 0.6) is 0 Å². The molecule has 0 spiro atoms. The van der Waals surface area contributed by atoms with Gasteiger partial charge in [-0.05, 0) is 19.9 Å². The van der Waals surface area contributed by atoms with Crippen molar-refractivity contribution in [2.75, 3.05) is 13.2 Å². The minimum absolute atomic E-state index is 0.103. The van der Waals surface area contributed by atoms with E-state index in [1.165, 1.54) is 0 Å². The molecule has 0 radical (unpaired) electrons. The molecule has 0 saturated carbocycles. The zero-order chi connectivity index (χ0) is 12.3. The van der Waals surface area contributed by atoms with Crippen LogP contribution in [-0.4, -0.2) is 35.1 Å². The van der Waals surface area contributed by atoms with Gasteiger partial charge in [0, 0.05) is 12.2 Å². The number of Topliss-reactive ketones (excluding diaryl/α,β-unsaturated/α-hetero) is 1. The summed E-state index contributed by atoms with van der Waals surface area (Å²) < 4.78 is 12.3. The van der Waals surface area contributed by atoms with Crippen molar-refractivity contribution in [3.63, 3.8) is 0 Å². The largest absolute Gasteiger partial charge is 0.350 e. The number of nitrogens with zero attached hydrogens (tertiary/aromatic N) is 2. The number of aromatic nitrogens is 2. The number of carbonyl (C=O) groups is 1. The van der Waals surface area contributed by atoms with Crippen LogP contribution < -0.4 is 0 Å². The molecule has 0 N–H and O–H groups in total. The lowest BCUT2D eigenvalue weighted by Gasteiger charge is -2.07. The summed E-state index contributed by atoms with van der Waals surface area (Å²) in [5.41, 5.74) is 0.807. The van der Waals surface area contributed by atoms with E-state index in [0.717, 1.165) is 5.69 Å². The molecule has 1 aromatic rings. The molecule has 0 unspecified atom stereocenters. The maximum absolute atomic E-state index is 11.7. The van der Waals surface area contributed by atoms with Gasteiger partial charge in [0.05, 0.1) is 31.7 Å². The summed E-state index contributed by atoms with van der Waals surface area (Å²) in [7, 11) is 0. The van der Waals surface area contributed by atoms with Crippen molar-refractivity contribution in [1.29, 1.82) is 0 Å². The van der Waals surface area contributed by atoms with Crippen LogP contribution in [0.2, 0.25) is 0 Å². The molecule has 1 fully saturated rings. The highest BCUT2D eigenvalue weighted by atomic mass is 16.7. The SMILES string of the molecule is CC(C)n1ccc(CC(=O)CC2OCCO2)n1. The van der Waals surface area contributed by atoms with Crippen molar-refractivity contribution in [1.82, 2.24) is 9.78 Å². The van der Waals surface area contributed by atoms with E-state index in [9.17, 15) is 4.79 Å². The Kier molecular flexibility index (Phi) is 3.91. The minimum atomic E-state index is -0.352. The molecule has 0 amide bonds. The highest BCUT2D eigenvalue weighted by Gasteiger charge is 2.20. The molecule has 5 heteroatoms. The molecule has 0 bridgehead atoms. The van der Waals surface area contributed by atoms with Crippen molar-refractivity contribution in [2.24, 2.45) is 0 Å². The normalized spacial score (nSPS) is 16.9. The highest BCUT2D eigenvalue weighted by Crippen LogP contribution is 2.11. The van der Waals surface area contributed by atoms with Gasteiger partial charge in [0.25, 0.3) is 0 Å². The van der Waals surface area contributed by atoms with E-state index < -0.39 is 0 Å². The fourth-order valence-electron chi connectivity index (χ4n) is 1.74. The summed E-state index contributed by atoms with van der Waals surface area (Å²) in [6.07, 6.45) is 2.21. The van der Waals surface area contributed by atoms with E-state index >= 15 is 0 Å². The molecule has 1 aliphatic rings. The molecule has 2 heterocycles. The number of rotatable bonds is 5. The van der Waals surface area contributed by atoms with E-state index in [4.69, 9.17) is 9.47 Å². The van der Waals surface area contributed by atoms with Crippen LogP contribution in [0.15, 0.2) is 12.3 Å². The second-order valence-corrected chi connectivity index (χ2v) is 4.47. The van der Waals surface area contributed by atoms with Crippen LogP contribution >= 0.6 is 0 Å². The topological polar surface area (TPSA) is 53.4 Å². The van der Waals surface area contributed by atoms with Crippen LogP contribution in [0.4, 0.5) is 0 Å². The summed E-state index contributed by atoms with van der Waals surface area (Å²) in [4.78, 5) is 11.7. The molecule has 1 aromatic heterocycles. The van der Waals surface area contributed by atoms with E-state index in [-0.39, 0.29) is 12.1 Å². The third kappa shape index (κ3) is 3.38. The summed E-state index contributed by atoms with van der Waals surface area (Å²) in [6, 6.07) is 2.20. The highest BCUT2D eigenvalue weighted by molar-refractivity contribution is 5.80. The van der Waals surface area contributed by atoms with Crippen LogP contribution in [0, 0.1) is 0 Å². The van der Waals surface area contributed by atoms with Gasteiger partial charge in [-0.15, -0.1) is 0 Å². The summed E-state index contributed by atoms with van der Waals surface area (Å²) >= 11 is 0. The zero-order valence-corrected chi connectivity index (χ0v) is 10.3. The Morgan fingerprint density at radius 2 is 2.24 bits per heavy atom. The van der Waals surface area contributed by atoms with Crippen molar-refractivity contribution < 1.29 is 14.3 Å². The van der Waals surface area contributed by atoms with Gasteiger partial charge in [0.2, 0.25) is 0 Å². The van der Waals surface area contributed by atoms with Crippen molar-refractivity contribution in [2.45, 2.75) is 39.0 Å². The maximum atomic E-state index is 11.7. The Balaban J connectivity index is 1.84. The number of carbonyl (C=O) groups excluding carboxylic acids is 1. The number of ketones is 1. The smallest absolute Gasteiger partial charge is 0.164 e. The van der Waals surface area contributed by atoms with Gasteiger partial charge in [-0.25, -0.2) is 0 Å². The minimum Gasteiger partial charge on any atom is -0.350 e. The number of hydrogen-bond acceptors (Lipinski definition) is 4. The quantitative estimate of drug-likeness (QED) is 0.776. The molecule has 17 heavy (non-hydrogen) atoms. The van der Waals surface area contributed by atoms with Gasteiger partial charge in [-0.2, -0.15) is 5.10 Å². The Bertz CT molecular complexity index is 381. The number of ether oxygens (including phenoxy) is 2. The first-order valence-electron chi connectivity index (χ1n) is 5.94. The predicted octanol–water partition coefficient (Wildman–Crippen LogP) is 1.34. The lowest BCUT2D eigenvalue weighted by Crippen LogP contribution is -2.16.